The molecule has 0 aliphatic heterocycles. The van der Waals surface area contributed by atoms with E-state index in [0.29, 0.717) is 6.54 Å². The van der Waals surface area contributed by atoms with Gasteiger partial charge in [-0.1, -0.05) is 19.8 Å². The minimum atomic E-state index is -0.552. The highest BCUT2D eigenvalue weighted by Crippen LogP contribution is 2.12. The molecule has 0 bridgehead atoms. The molecule has 1 heterocycles. The quantitative estimate of drug-likeness (QED) is 0.728. The van der Waals surface area contributed by atoms with Crippen LogP contribution in [0.5, 0.6) is 0 Å². The van der Waals surface area contributed by atoms with Crippen LogP contribution in [-0.2, 0) is 0 Å². The monoisotopic (exact) mass is 252 g/mol. The summed E-state index contributed by atoms with van der Waals surface area (Å²) < 4.78 is 13.5. The van der Waals surface area contributed by atoms with Crippen molar-refractivity contribution in [3.8, 4) is 0 Å². The first-order chi connectivity index (χ1) is 8.57. The van der Waals surface area contributed by atoms with Gasteiger partial charge < -0.3 is 4.90 Å². The molecule has 100 valence electrons. The van der Waals surface area contributed by atoms with Crippen molar-refractivity contribution in [1.82, 2.24) is 9.88 Å². The Labute approximate surface area is 108 Å². The lowest BCUT2D eigenvalue weighted by atomic mass is 10.1. The molecule has 0 spiro atoms. The molecule has 0 atom stereocenters. The third-order valence-electron chi connectivity index (χ3n) is 2.89. The Kier molecular flexibility index (Phi) is 5.75. The van der Waals surface area contributed by atoms with Crippen molar-refractivity contribution in [2.75, 3.05) is 6.54 Å². The van der Waals surface area contributed by atoms with Crippen LogP contribution < -0.4 is 0 Å². The molecule has 0 saturated heterocycles. The number of aromatic nitrogens is 1. The SMILES string of the molecule is CCCCCN(C(=O)c1ccncc1F)C(C)C. The molecule has 1 aromatic rings. The fraction of sp³-hybridized carbons (Fsp3) is 0.571. The minimum Gasteiger partial charge on any atom is -0.336 e. The Morgan fingerprint density at radius 1 is 1.44 bits per heavy atom. The fourth-order valence-electron chi connectivity index (χ4n) is 1.83. The summed E-state index contributed by atoms with van der Waals surface area (Å²) in [6, 6.07) is 1.51. The first kappa shape index (κ1) is 14.6. The van der Waals surface area contributed by atoms with Crippen LogP contribution in [0.25, 0.3) is 0 Å². The maximum atomic E-state index is 13.5. The highest BCUT2D eigenvalue weighted by Gasteiger charge is 2.20. The van der Waals surface area contributed by atoms with Crippen LogP contribution in [-0.4, -0.2) is 28.4 Å². The van der Waals surface area contributed by atoms with Gasteiger partial charge >= 0.3 is 0 Å². The van der Waals surface area contributed by atoms with Crippen molar-refractivity contribution >= 4 is 5.91 Å². The number of hydrogen-bond donors (Lipinski definition) is 0. The molecule has 1 amide bonds. The Bertz CT molecular complexity index is 393. The highest BCUT2D eigenvalue weighted by atomic mass is 19.1. The van der Waals surface area contributed by atoms with Gasteiger partial charge in [0.05, 0.1) is 11.8 Å². The van der Waals surface area contributed by atoms with Gasteiger partial charge in [-0.05, 0) is 26.3 Å². The summed E-state index contributed by atoms with van der Waals surface area (Å²) in [4.78, 5) is 17.6. The molecule has 0 aromatic carbocycles. The third kappa shape index (κ3) is 3.79. The van der Waals surface area contributed by atoms with E-state index in [1.165, 1.54) is 12.3 Å². The van der Waals surface area contributed by atoms with Gasteiger partial charge in [0.25, 0.3) is 5.91 Å². The molecule has 1 aromatic heterocycles. The smallest absolute Gasteiger partial charge is 0.257 e. The summed E-state index contributed by atoms with van der Waals surface area (Å²) in [5, 5.41) is 0. The highest BCUT2D eigenvalue weighted by molar-refractivity contribution is 5.94. The summed E-state index contributed by atoms with van der Waals surface area (Å²) in [7, 11) is 0. The summed E-state index contributed by atoms with van der Waals surface area (Å²) in [5.41, 5.74) is 0.107. The number of hydrogen-bond acceptors (Lipinski definition) is 2. The average molecular weight is 252 g/mol. The predicted octanol–water partition coefficient (Wildman–Crippen LogP) is 3.26. The summed E-state index contributed by atoms with van der Waals surface area (Å²) >= 11 is 0. The minimum absolute atomic E-state index is 0.0712. The van der Waals surface area contributed by atoms with Gasteiger partial charge in [-0.3, -0.25) is 9.78 Å². The molecule has 0 aliphatic rings. The standard InChI is InChI=1S/C14H21FN2O/c1-4-5-6-9-17(11(2)3)14(18)12-7-8-16-10-13(12)15/h7-8,10-11H,4-6,9H2,1-3H3. The van der Waals surface area contributed by atoms with E-state index < -0.39 is 5.82 Å². The van der Waals surface area contributed by atoms with E-state index >= 15 is 0 Å². The summed E-state index contributed by atoms with van der Waals surface area (Å²) in [6.07, 6.45) is 5.66. The van der Waals surface area contributed by atoms with Crippen LogP contribution in [0.4, 0.5) is 4.39 Å². The molecule has 0 saturated carbocycles. The van der Waals surface area contributed by atoms with Gasteiger partial charge in [0.1, 0.15) is 0 Å². The predicted molar refractivity (Wildman–Crippen MR) is 69.9 cm³/mol. The summed E-state index contributed by atoms with van der Waals surface area (Å²) in [5.74, 6) is -0.801. The van der Waals surface area contributed by atoms with E-state index in [0.717, 1.165) is 25.5 Å². The number of halogens is 1. The Balaban J connectivity index is 2.80. The zero-order valence-corrected chi connectivity index (χ0v) is 11.3. The van der Waals surface area contributed by atoms with E-state index in [1.807, 2.05) is 13.8 Å². The molecule has 0 N–H and O–H groups in total. The third-order valence-corrected chi connectivity index (χ3v) is 2.89. The zero-order chi connectivity index (χ0) is 13.5. The molecular weight excluding hydrogens is 231 g/mol. The number of nitrogens with zero attached hydrogens (tertiary/aromatic N) is 2. The first-order valence-corrected chi connectivity index (χ1v) is 6.48. The largest absolute Gasteiger partial charge is 0.336 e. The van der Waals surface area contributed by atoms with Crippen molar-refractivity contribution < 1.29 is 9.18 Å². The van der Waals surface area contributed by atoms with Crippen molar-refractivity contribution in [2.24, 2.45) is 0 Å². The molecular formula is C14H21FN2O. The average Bonchev–Trinajstić information content (AvgIpc) is 2.34. The zero-order valence-electron chi connectivity index (χ0n) is 11.3. The normalized spacial score (nSPS) is 10.7. The van der Waals surface area contributed by atoms with Gasteiger partial charge in [0.2, 0.25) is 0 Å². The Hall–Kier alpha value is -1.45. The fourth-order valence-corrected chi connectivity index (χ4v) is 1.83. The van der Waals surface area contributed by atoms with Crippen LogP contribution in [0.15, 0.2) is 18.5 Å². The van der Waals surface area contributed by atoms with Crippen molar-refractivity contribution in [1.29, 1.82) is 0 Å². The van der Waals surface area contributed by atoms with Crippen LogP contribution in [0.2, 0.25) is 0 Å². The topological polar surface area (TPSA) is 33.2 Å². The van der Waals surface area contributed by atoms with Crippen LogP contribution in [0.1, 0.15) is 50.4 Å². The molecule has 0 radical (unpaired) electrons. The second kappa shape index (κ2) is 7.09. The van der Waals surface area contributed by atoms with Gasteiger partial charge in [-0.25, -0.2) is 4.39 Å². The molecule has 1 rings (SSSR count). The Morgan fingerprint density at radius 3 is 2.72 bits per heavy atom. The number of rotatable bonds is 6. The lowest BCUT2D eigenvalue weighted by Gasteiger charge is -2.27. The Morgan fingerprint density at radius 2 is 2.17 bits per heavy atom. The van der Waals surface area contributed by atoms with Crippen LogP contribution in [0, 0.1) is 5.82 Å². The van der Waals surface area contributed by atoms with Gasteiger partial charge in [0.15, 0.2) is 5.82 Å². The molecule has 18 heavy (non-hydrogen) atoms. The first-order valence-electron chi connectivity index (χ1n) is 6.48. The second-order valence-corrected chi connectivity index (χ2v) is 4.65. The summed E-state index contributed by atoms with van der Waals surface area (Å²) in [6.45, 7) is 6.68. The molecule has 0 aliphatic carbocycles. The van der Waals surface area contributed by atoms with Crippen molar-refractivity contribution in [3.05, 3.63) is 29.8 Å². The van der Waals surface area contributed by atoms with Crippen molar-refractivity contribution in [2.45, 2.75) is 46.1 Å². The van der Waals surface area contributed by atoms with E-state index in [-0.39, 0.29) is 17.5 Å². The number of amides is 1. The lowest BCUT2D eigenvalue weighted by molar-refractivity contribution is 0.0697. The van der Waals surface area contributed by atoms with Gasteiger partial charge in [-0.2, -0.15) is 0 Å². The number of carbonyl (C=O) groups is 1. The molecule has 3 nitrogen and oxygen atoms in total. The van der Waals surface area contributed by atoms with E-state index in [9.17, 15) is 9.18 Å². The molecule has 4 heteroatoms. The second-order valence-electron chi connectivity index (χ2n) is 4.65. The molecule has 0 unspecified atom stereocenters. The van der Waals surface area contributed by atoms with Crippen molar-refractivity contribution in [3.63, 3.8) is 0 Å². The maximum Gasteiger partial charge on any atom is 0.257 e. The van der Waals surface area contributed by atoms with Crippen LogP contribution in [0.3, 0.4) is 0 Å². The van der Waals surface area contributed by atoms with E-state index in [4.69, 9.17) is 0 Å². The maximum absolute atomic E-state index is 13.5. The number of unbranched alkanes of at least 4 members (excludes halogenated alkanes) is 2. The molecule has 0 fully saturated rings. The number of carbonyl (C=O) groups excluding carboxylic acids is 1. The lowest BCUT2D eigenvalue weighted by Crippen LogP contribution is -2.38. The van der Waals surface area contributed by atoms with Gasteiger partial charge in [0, 0.05) is 18.8 Å². The number of pyridine rings is 1. The van der Waals surface area contributed by atoms with E-state index in [1.54, 1.807) is 4.90 Å². The van der Waals surface area contributed by atoms with Crippen LogP contribution >= 0.6 is 0 Å². The van der Waals surface area contributed by atoms with Gasteiger partial charge in [-0.15, -0.1) is 0 Å². The van der Waals surface area contributed by atoms with E-state index in [2.05, 4.69) is 11.9 Å².